The van der Waals surface area contributed by atoms with Crippen molar-refractivity contribution in [3.8, 4) is 6.07 Å². The first-order valence-corrected chi connectivity index (χ1v) is 10.7. The molecule has 0 bridgehead atoms. The van der Waals surface area contributed by atoms with E-state index < -0.39 is 12.1 Å². The van der Waals surface area contributed by atoms with Crippen LogP contribution in [0.5, 0.6) is 0 Å². The zero-order valence-corrected chi connectivity index (χ0v) is 17.0. The van der Waals surface area contributed by atoms with Gasteiger partial charge in [-0.05, 0) is 62.7 Å². The van der Waals surface area contributed by atoms with Gasteiger partial charge in [0.1, 0.15) is 0 Å². The third-order valence-corrected chi connectivity index (χ3v) is 6.93. The second-order valence-electron chi connectivity index (χ2n) is 8.52. The Hall–Kier alpha value is -1.64. The highest BCUT2D eigenvalue weighted by molar-refractivity contribution is 5.66. The Labute approximate surface area is 168 Å². The average molecular weight is 390 g/mol. The van der Waals surface area contributed by atoms with Crippen molar-refractivity contribution < 1.29 is 20.1 Å². The fraction of sp³-hybridized carbons (Fsp3) is 0.739. The molecule has 0 aromatic heterocycles. The predicted octanol–water partition coefficient (Wildman–Crippen LogP) is 4.21. The normalized spacial score (nSPS) is 30.4. The molecule has 0 heterocycles. The molecule has 0 aromatic rings. The van der Waals surface area contributed by atoms with Crippen LogP contribution in [-0.4, -0.2) is 33.5 Å². The van der Waals surface area contributed by atoms with Gasteiger partial charge in [-0.1, -0.05) is 37.6 Å². The molecule has 0 spiro atoms. The van der Waals surface area contributed by atoms with Gasteiger partial charge in [0, 0.05) is 12.3 Å². The van der Waals surface area contributed by atoms with Crippen molar-refractivity contribution in [2.45, 2.75) is 83.3 Å². The fourth-order valence-electron chi connectivity index (χ4n) is 4.80. The van der Waals surface area contributed by atoms with E-state index in [0.717, 1.165) is 19.3 Å². The molecule has 0 aliphatic heterocycles. The molecule has 2 fully saturated rings. The van der Waals surface area contributed by atoms with Crippen LogP contribution in [0.3, 0.4) is 0 Å². The summed E-state index contributed by atoms with van der Waals surface area (Å²) in [7, 11) is 0. The van der Waals surface area contributed by atoms with Crippen molar-refractivity contribution in [2.75, 3.05) is 0 Å². The molecular weight excluding hydrogens is 354 g/mol. The Bertz CT molecular complexity index is 597. The van der Waals surface area contributed by atoms with Crippen LogP contribution in [0.25, 0.3) is 0 Å². The summed E-state index contributed by atoms with van der Waals surface area (Å²) in [6, 6.07) is 2.34. The largest absolute Gasteiger partial charge is 0.481 e. The van der Waals surface area contributed by atoms with Gasteiger partial charge in [-0.15, -0.1) is 0 Å². The minimum Gasteiger partial charge on any atom is -0.481 e. The lowest BCUT2D eigenvalue weighted by atomic mass is 9.63. The number of nitrogens with zero attached hydrogens (tertiary/aromatic N) is 1. The lowest BCUT2D eigenvalue weighted by Gasteiger charge is -2.45. The fourth-order valence-corrected chi connectivity index (χ4v) is 4.80. The quantitative estimate of drug-likeness (QED) is 0.363. The molecule has 5 heteroatoms. The van der Waals surface area contributed by atoms with E-state index in [1.807, 2.05) is 24.3 Å². The highest BCUT2D eigenvalue weighted by atomic mass is 16.4. The van der Waals surface area contributed by atoms with Crippen LogP contribution in [0.15, 0.2) is 24.3 Å². The van der Waals surface area contributed by atoms with Crippen LogP contribution < -0.4 is 0 Å². The molecule has 0 amide bonds. The van der Waals surface area contributed by atoms with Gasteiger partial charge in [0.05, 0.1) is 24.2 Å². The van der Waals surface area contributed by atoms with Crippen molar-refractivity contribution in [2.24, 2.45) is 23.2 Å². The number of nitriles is 1. The van der Waals surface area contributed by atoms with Crippen LogP contribution in [0, 0.1) is 34.5 Å². The van der Waals surface area contributed by atoms with Gasteiger partial charge in [-0.25, -0.2) is 0 Å². The topological polar surface area (TPSA) is 102 Å². The Morgan fingerprint density at radius 1 is 1.32 bits per heavy atom. The van der Waals surface area contributed by atoms with Crippen molar-refractivity contribution in [3.05, 3.63) is 24.3 Å². The van der Waals surface area contributed by atoms with Crippen molar-refractivity contribution >= 4 is 5.97 Å². The first-order valence-electron chi connectivity index (χ1n) is 10.7. The summed E-state index contributed by atoms with van der Waals surface area (Å²) >= 11 is 0. The highest BCUT2D eigenvalue weighted by Gasteiger charge is 2.42. The maximum atomic E-state index is 10.6. The van der Waals surface area contributed by atoms with Gasteiger partial charge in [0.25, 0.3) is 0 Å². The number of carboxylic acids is 1. The van der Waals surface area contributed by atoms with E-state index in [4.69, 9.17) is 5.11 Å². The van der Waals surface area contributed by atoms with Gasteiger partial charge >= 0.3 is 5.97 Å². The smallest absolute Gasteiger partial charge is 0.303 e. The van der Waals surface area contributed by atoms with Crippen molar-refractivity contribution in [1.82, 2.24) is 0 Å². The number of allylic oxidation sites excluding steroid dienone is 2. The third-order valence-electron chi connectivity index (χ3n) is 6.93. The maximum Gasteiger partial charge on any atom is 0.303 e. The predicted molar refractivity (Wildman–Crippen MR) is 108 cm³/mol. The van der Waals surface area contributed by atoms with Crippen LogP contribution in [0.2, 0.25) is 0 Å². The van der Waals surface area contributed by atoms with Gasteiger partial charge in [-0.3, -0.25) is 4.79 Å². The molecule has 0 radical (unpaired) electrons. The molecular formula is C23H35NO4. The number of aliphatic hydroxyl groups excluding tert-OH is 2. The van der Waals surface area contributed by atoms with E-state index in [2.05, 4.69) is 13.0 Å². The number of carboxylic acid groups (broad SMARTS) is 1. The van der Waals surface area contributed by atoms with Crippen molar-refractivity contribution in [3.63, 3.8) is 0 Å². The number of hydrogen-bond donors (Lipinski definition) is 3. The van der Waals surface area contributed by atoms with Gasteiger partial charge in [0.15, 0.2) is 0 Å². The summed E-state index contributed by atoms with van der Waals surface area (Å²) < 4.78 is 0. The lowest BCUT2D eigenvalue weighted by molar-refractivity contribution is -0.137. The second-order valence-corrected chi connectivity index (χ2v) is 8.52. The first kappa shape index (κ1) is 22.6. The summed E-state index contributed by atoms with van der Waals surface area (Å²) in [5.41, 5.74) is 0.0753. The zero-order valence-electron chi connectivity index (χ0n) is 17.0. The Kier molecular flexibility index (Phi) is 8.72. The molecule has 28 heavy (non-hydrogen) atoms. The number of aliphatic carboxylic acids is 1. The molecule has 2 saturated carbocycles. The Morgan fingerprint density at radius 2 is 2.07 bits per heavy atom. The first-order chi connectivity index (χ1) is 13.4. The molecule has 1 unspecified atom stereocenters. The number of hydrogen-bond acceptors (Lipinski definition) is 4. The van der Waals surface area contributed by atoms with Crippen LogP contribution in [0.4, 0.5) is 0 Å². The standard InChI is InChI=1S/C23H35NO4/c1-2-23(13-8-14-23)21(26)11-7-10-19-18(17(16-24)15-20(19)25)9-5-3-4-6-12-22(27)28/h3,5,7,10,17-21,25-26H,2,4,6,8-9,11-15H2,1H3,(H,27,28)/b5-3-,10-7+/t17-,18-,19+,20+,21?/m0/s1. The average Bonchev–Trinajstić information content (AvgIpc) is 2.92. The minimum absolute atomic E-state index is 0.0629. The molecule has 3 N–H and O–H groups in total. The maximum absolute atomic E-state index is 10.6. The Morgan fingerprint density at radius 3 is 2.64 bits per heavy atom. The molecule has 156 valence electrons. The van der Waals surface area contributed by atoms with Crippen LogP contribution in [0.1, 0.15) is 71.1 Å². The third kappa shape index (κ3) is 5.68. The summed E-state index contributed by atoms with van der Waals surface area (Å²) in [6.07, 6.45) is 14.8. The number of carbonyl (C=O) groups is 1. The molecule has 2 aliphatic rings. The summed E-state index contributed by atoms with van der Waals surface area (Å²) in [6.45, 7) is 2.14. The van der Waals surface area contributed by atoms with Gasteiger partial charge < -0.3 is 15.3 Å². The summed E-state index contributed by atoms with van der Waals surface area (Å²) in [4.78, 5) is 10.5. The monoisotopic (exact) mass is 389 g/mol. The number of aliphatic hydroxyl groups is 2. The molecule has 0 saturated heterocycles. The summed E-state index contributed by atoms with van der Waals surface area (Å²) in [5.74, 6) is -0.963. The van der Waals surface area contributed by atoms with E-state index >= 15 is 0 Å². The van der Waals surface area contributed by atoms with E-state index in [9.17, 15) is 20.3 Å². The highest BCUT2D eigenvalue weighted by Crippen LogP contribution is 2.48. The van der Waals surface area contributed by atoms with E-state index in [0.29, 0.717) is 32.1 Å². The molecule has 5 nitrogen and oxygen atoms in total. The lowest BCUT2D eigenvalue weighted by Crippen LogP contribution is -2.40. The van der Waals surface area contributed by atoms with E-state index in [-0.39, 0.29) is 35.7 Å². The van der Waals surface area contributed by atoms with Crippen LogP contribution >= 0.6 is 0 Å². The minimum atomic E-state index is -0.781. The van der Waals surface area contributed by atoms with Gasteiger partial charge in [0.2, 0.25) is 0 Å². The van der Waals surface area contributed by atoms with E-state index in [1.165, 1.54) is 6.42 Å². The number of unbranched alkanes of at least 4 members (excludes halogenated alkanes) is 1. The summed E-state index contributed by atoms with van der Waals surface area (Å²) in [5, 5.41) is 39.1. The van der Waals surface area contributed by atoms with E-state index in [1.54, 1.807) is 0 Å². The molecule has 2 rings (SSSR count). The Balaban J connectivity index is 1.89. The van der Waals surface area contributed by atoms with Crippen molar-refractivity contribution in [1.29, 1.82) is 5.26 Å². The molecule has 2 aliphatic carbocycles. The second kappa shape index (κ2) is 10.8. The molecule has 0 aromatic carbocycles. The number of rotatable bonds is 11. The van der Waals surface area contributed by atoms with Gasteiger partial charge in [-0.2, -0.15) is 5.26 Å². The van der Waals surface area contributed by atoms with Crippen LogP contribution in [-0.2, 0) is 4.79 Å². The SMILES string of the molecule is CCC1(C(O)C/C=C/[C@@H]2[C@@H](C/C=C\CCCC(=O)O)[C@H](C#N)C[C@H]2O)CCC1. The zero-order chi connectivity index (χ0) is 20.6. The molecule has 5 atom stereocenters.